The highest BCUT2D eigenvalue weighted by atomic mass is 16.8. The Kier molecular flexibility index (Phi) is 32.8. The predicted octanol–water partition coefficient (Wildman–Crippen LogP) is 17.0. The molecule has 1 aromatic rings. The quantitative estimate of drug-likeness (QED) is 0.0415. The highest BCUT2D eigenvalue weighted by molar-refractivity contribution is 5.69. The van der Waals surface area contributed by atoms with E-state index in [1.165, 1.54) is 12.8 Å². The highest BCUT2D eigenvalue weighted by Crippen LogP contribution is 2.43. The molecular formula is C79H151N5O11. The Morgan fingerprint density at radius 1 is 0.484 bits per heavy atom. The number of nitrogens with zero attached hydrogens (tertiary/aromatic N) is 2. The molecule has 5 saturated heterocycles. The van der Waals surface area contributed by atoms with Gasteiger partial charge in [0.25, 0.3) is 0 Å². The van der Waals surface area contributed by atoms with Gasteiger partial charge in [0.15, 0.2) is 6.29 Å². The second-order valence-electron chi connectivity index (χ2n) is 37.7. The molecule has 95 heavy (non-hydrogen) atoms. The number of phenolic OH excluding ortho intramolecular Hbond substituents is 1. The number of nitrogens with one attached hydrogen (secondary N) is 3. The van der Waals surface area contributed by atoms with Gasteiger partial charge in [0, 0.05) is 94.8 Å². The summed E-state index contributed by atoms with van der Waals surface area (Å²) in [6.07, 6.45) is 17.4. The van der Waals surface area contributed by atoms with E-state index in [4.69, 9.17) is 42.6 Å². The number of piperidine rings is 5. The van der Waals surface area contributed by atoms with E-state index in [2.05, 4.69) is 246 Å². The number of hydrogen-bond donors (Lipinski definition) is 4. The lowest BCUT2D eigenvalue weighted by Crippen LogP contribution is -2.60. The molecule has 4 N–H and O–H groups in total. The number of carbonyl (C=O) groups excluding carboxylic acids is 1. The van der Waals surface area contributed by atoms with Crippen molar-refractivity contribution in [3.63, 3.8) is 0 Å². The van der Waals surface area contributed by atoms with Gasteiger partial charge in [0.1, 0.15) is 39.0 Å². The molecule has 0 spiro atoms. The second kappa shape index (κ2) is 35.7. The fourth-order valence-corrected chi connectivity index (χ4v) is 16.0. The van der Waals surface area contributed by atoms with Crippen molar-refractivity contribution in [2.24, 2.45) is 0 Å². The number of unbranched alkanes of at least 4 members (excludes halogenated alkanes) is 4. The van der Waals surface area contributed by atoms with Gasteiger partial charge < -0.3 is 63.7 Å². The summed E-state index contributed by atoms with van der Waals surface area (Å²) in [5.74, 6) is 0.324. The van der Waals surface area contributed by atoms with Crippen LogP contribution in [0.5, 0.6) is 5.75 Å². The molecule has 5 aliphatic rings. The Balaban J connectivity index is 0.000000405. The molecule has 5 fully saturated rings. The molecule has 16 heteroatoms. The highest BCUT2D eigenvalue weighted by Gasteiger charge is 2.46. The summed E-state index contributed by atoms with van der Waals surface area (Å²) in [5, 5.41) is 22.2. The maximum absolute atomic E-state index is 12.3. The molecular weight excluding hydrogens is 1190 g/mol. The van der Waals surface area contributed by atoms with Crippen LogP contribution in [0.4, 0.5) is 0 Å². The molecule has 6 rings (SSSR count). The van der Waals surface area contributed by atoms with E-state index in [1.54, 1.807) is 7.11 Å². The third-order valence-electron chi connectivity index (χ3n) is 20.3. The van der Waals surface area contributed by atoms with Crippen LogP contribution in [0.15, 0.2) is 12.1 Å². The number of benzene rings is 1. The van der Waals surface area contributed by atoms with E-state index in [0.717, 1.165) is 107 Å². The normalized spacial score (nSPS) is 23.5. The number of methoxy groups -OCH3 is 1. The van der Waals surface area contributed by atoms with Gasteiger partial charge >= 0.3 is 5.97 Å². The summed E-state index contributed by atoms with van der Waals surface area (Å²) < 4.78 is 53.6. The molecule has 0 bridgehead atoms. The number of carbonyl (C=O) groups is 1. The van der Waals surface area contributed by atoms with Crippen LogP contribution in [0.3, 0.4) is 0 Å². The lowest BCUT2D eigenvalue weighted by molar-refractivity contribution is -0.252. The molecule has 0 aromatic heterocycles. The van der Waals surface area contributed by atoms with E-state index in [1.807, 2.05) is 0 Å². The molecule has 0 saturated carbocycles. The molecule has 0 unspecified atom stereocenters. The van der Waals surface area contributed by atoms with Crippen molar-refractivity contribution >= 4 is 5.97 Å². The Labute approximate surface area is 583 Å². The lowest BCUT2D eigenvalue weighted by Gasteiger charge is -2.53. The molecule has 558 valence electrons. The largest absolute Gasteiger partial charge is 0.507 e. The molecule has 5 aliphatic heterocycles. The van der Waals surface area contributed by atoms with Crippen LogP contribution in [-0.2, 0) is 64.7 Å². The summed E-state index contributed by atoms with van der Waals surface area (Å²) in [7, 11) is 6.08. The minimum Gasteiger partial charge on any atom is -0.507 e. The molecule has 0 amide bonds. The first-order chi connectivity index (χ1) is 43.2. The Morgan fingerprint density at radius 3 is 1.14 bits per heavy atom. The number of esters is 1. The zero-order chi connectivity index (χ0) is 72.7. The monoisotopic (exact) mass is 1350 g/mol. The minimum absolute atomic E-state index is 0.00328. The fourth-order valence-electron chi connectivity index (χ4n) is 16.0. The van der Waals surface area contributed by atoms with Crippen molar-refractivity contribution in [3.8, 4) is 5.75 Å². The van der Waals surface area contributed by atoms with Gasteiger partial charge in [-0.25, -0.2) is 0 Å². The van der Waals surface area contributed by atoms with Crippen LogP contribution in [0, 0.1) is 0 Å². The van der Waals surface area contributed by atoms with Crippen molar-refractivity contribution in [2.75, 3.05) is 55.0 Å². The van der Waals surface area contributed by atoms with E-state index < -0.39 is 6.29 Å². The van der Waals surface area contributed by atoms with Gasteiger partial charge in [0.2, 0.25) is 0 Å². The summed E-state index contributed by atoms with van der Waals surface area (Å²) in [4.78, 5) is 17.2. The van der Waals surface area contributed by atoms with E-state index >= 15 is 0 Å². The van der Waals surface area contributed by atoms with Crippen molar-refractivity contribution in [2.45, 2.75) is 412 Å². The maximum atomic E-state index is 12.3. The van der Waals surface area contributed by atoms with E-state index in [9.17, 15) is 9.90 Å². The number of rotatable bonds is 25. The summed E-state index contributed by atoms with van der Waals surface area (Å²) in [5.41, 5.74) is 3.11. The van der Waals surface area contributed by atoms with Crippen molar-refractivity contribution < 1.29 is 52.5 Å². The smallest absolute Gasteiger partial charge is 0.306 e. The molecule has 0 atom stereocenters. The average molecular weight is 1350 g/mol. The van der Waals surface area contributed by atoms with Gasteiger partial charge in [-0.1, -0.05) is 93.2 Å². The molecule has 5 heterocycles. The minimum atomic E-state index is -0.560. The van der Waals surface area contributed by atoms with Crippen LogP contribution in [0.25, 0.3) is 0 Å². The van der Waals surface area contributed by atoms with Crippen molar-refractivity contribution in [1.29, 1.82) is 0 Å². The van der Waals surface area contributed by atoms with Crippen LogP contribution in [0.1, 0.15) is 320 Å². The molecule has 0 aliphatic carbocycles. The van der Waals surface area contributed by atoms with Gasteiger partial charge in [-0.2, -0.15) is 0 Å². The first-order valence-electron chi connectivity index (χ1n) is 36.9. The van der Waals surface area contributed by atoms with Gasteiger partial charge in [-0.05, 0) is 244 Å². The Morgan fingerprint density at radius 2 is 0.800 bits per heavy atom. The lowest BCUT2D eigenvalue weighted by atomic mass is 9.78. The summed E-state index contributed by atoms with van der Waals surface area (Å²) in [6.45, 7) is 63.7. The number of likely N-dealkylation sites (tertiary alicyclic amines) is 2. The number of phenols is 1. The zero-order valence-corrected chi connectivity index (χ0v) is 67.3. The number of hydrogen-bond acceptors (Lipinski definition) is 16. The maximum Gasteiger partial charge on any atom is 0.306 e. The second-order valence-corrected chi connectivity index (χ2v) is 37.7. The van der Waals surface area contributed by atoms with Crippen molar-refractivity contribution in [1.82, 2.24) is 25.8 Å². The average Bonchev–Trinajstić information content (AvgIpc) is 0.809. The Hall–Kier alpha value is -2.03. The first kappa shape index (κ1) is 87.2. The molecule has 0 radical (unpaired) electrons. The first-order valence-corrected chi connectivity index (χ1v) is 36.9. The molecule has 16 nitrogen and oxygen atoms in total. The zero-order valence-electron chi connectivity index (χ0n) is 67.3. The predicted molar refractivity (Wildman–Crippen MR) is 393 cm³/mol. The summed E-state index contributed by atoms with van der Waals surface area (Å²) in [6, 6.07) is 4.21. The van der Waals surface area contributed by atoms with Crippen LogP contribution in [-0.4, -0.2) is 168 Å². The Bertz CT molecular complexity index is 2250. The van der Waals surface area contributed by atoms with Crippen molar-refractivity contribution in [3.05, 3.63) is 28.8 Å². The van der Waals surface area contributed by atoms with Gasteiger partial charge in [0.05, 0.1) is 24.4 Å². The van der Waals surface area contributed by atoms with Gasteiger partial charge in [-0.15, -0.1) is 0 Å². The van der Waals surface area contributed by atoms with Gasteiger partial charge in [-0.3, -0.25) is 14.6 Å². The standard InChI is InChI=1S/C38H68N2O5.C26H50N2O4.C11H23NO2.C4H10/c1-33(2,3)29-17-26(18-30(32(29)41)34(4,5)6)19-31(44-24-42-27-20-35(7,8)39(15)36(9,10)21-27)45-25-43-28-22-37(11,12)40(16)38(13,14)23-28;1-23(2)15-20(16-24(3,4)27-23)31-19-30-14-12-10-9-11-13-22(29)32-21-17-25(5,6)28-26(7,8)18-21;1-10(2)6-9(14-8-13-5)7-11(3,4)12-10;1-3-4-2/h17-18,27-28,31,41H,19-25H2,1-16H3;20-21,27-28H,9-19H2,1-8H3;9,12H,6-8H2,1-5H3;3-4H2,1-2H3. The number of ether oxygens (including phenoxy) is 9. The van der Waals surface area contributed by atoms with Crippen LogP contribution in [0.2, 0.25) is 0 Å². The summed E-state index contributed by atoms with van der Waals surface area (Å²) >= 11 is 0. The van der Waals surface area contributed by atoms with E-state index in [-0.39, 0.29) is 110 Å². The number of aromatic hydroxyl groups is 1. The fraction of sp³-hybridized carbons (Fsp3) is 0.911. The van der Waals surface area contributed by atoms with Crippen LogP contribution >= 0.6 is 0 Å². The molecule has 1 aromatic carbocycles. The third kappa shape index (κ3) is 31.0. The SMILES string of the molecule is CC1(C)CC(OCOCCCCCCC(=O)OC2CC(C)(C)NC(C)(C)C2)CC(C)(C)N1.CCCC.CN1C(C)(C)CC(OCOC(Cc2cc(C(C)(C)C)c(O)c(C(C)(C)C)c2)OCOC2CC(C)(C)N(C)C(C)(C)C2)CC1(C)C.COCOC1CC(C)(C)NC(C)(C)C1. The topological polar surface area (TPSA) is 163 Å². The van der Waals surface area contributed by atoms with Crippen LogP contribution < -0.4 is 16.0 Å². The van der Waals surface area contributed by atoms with E-state index in [0.29, 0.717) is 44.9 Å². The third-order valence-corrected chi connectivity index (χ3v) is 20.3.